The van der Waals surface area contributed by atoms with Crippen LogP contribution in [0, 0.1) is 0 Å². The van der Waals surface area contributed by atoms with Crippen LogP contribution in [0.2, 0.25) is 0 Å². The summed E-state index contributed by atoms with van der Waals surface area (Å²) in [4.78, 5) is 30.2. The third kappa shape index (κ3) is 4.66. The van der Waals surface area contributed by atoms with Gasteiger partial charge in [-0.05, 0) is 26.2 Å². The fraction of sp³-hybridized carbons (Fsp3) is 0.333. The number of aromatic amines is 1. The number of amides is 2. The average Bonchev–Trinajstić information content (AvgIpc) is 3.42. The van der Waals surface area contributed by atoms with E-state index in [0.29, 0.717) is 34.3 Å². The number of hydrogen-bond acceptors (Lipinski definition) is 8. The number of urea groups is 1. The number of carbonyl (C=O) groups is 1. The Morgan fingerprint density at radius 1 is 1.27 bits per heavy atom. The van der Waals surface area contributed by atoms with E-state index in [1.165, 1.54) is 18.4 Å². The number of rotatable bonds is 8. The molecular formula is C21H24FN7O3S. The maximum Gasteiger partial charge on any atom is 0.320 e. The molecule has 0 aliphatic carbocycles. The van der Waals surface area contributed by atoms with E-state index in [4.69, 9.17) is 9.47 Å². The third-order valence-electron chi connectivity index (χ3n) is 4.90. The lowest BCUT2D eigenvalue weighted by Crippen LogP contribution is -2.37. The summed E-state index contributed by atoms with van der Waals surface area (Å²) >= 11 is 1.43. The van der Waals surface area contributed by atoms with Crippen molar-refractivity contribution < 1.29 is 18.7 Å². The fourth-order valence-electron chi connectivity index (χ4n) is 3.52. The second-order valence-electron chi connectivity index (χ2n) is 7.52. The molecule has 0 radical (unpaired) electrons. The largest absolute Gasteiger partial charge is 0.494 e. The minimum atomic E-state index is -1.17. The minimum absolute atomic E-state index is 0.0917. The summed E-state index contributed by atoms with van der Waals surface area (Å²) in [5.41, 5.74) is 4.27. The summed E-state index contributed by atoms with van der Waals surface area (Å²) in [5, 5.41) is 5.93. The van der Waals surface area contributed by atoms with E-state index >= 15 is 0 Å². The first-order chi connectivity index (χ1) is 15.9. The van der Waals surface area contributed by atoms with Crippen LogP contribution in [-0.4, -0.2) is 78.4 Å². The highest BCUT2D eigenvalue weighted by Crippen LogP contribution is 2.45. The van der Waals surface area contributed by atoms with Crippen molar-refractivity contribution in [1.82, 2.24) is 30.2 Å². The van der Waals surface area contributed by atoms with Crippen LogP contribution in [0.15, 0.2) is 23.8 Å². The van der Waals surface area contributed by atoms with Crippen molar-refractivity contribution in [2.24, 2.45) is 0 Å². The molecule has 0 saturated heterocycles. The Morgan fingerprint density at radius 3 is 2.82 bits per heavy atom. The van der Waals surface area contributed by atoms with Gasteiger partial charge in [0.2, 0.25) is 5.88 Å². The normalized spacial score (nSPS) is 12.3. The van der Waals surface area contributed by atoms with E-state index in [-0.39, 0.29) is 13.1 Å². The van der Waals surface area contributed by atoms with Crippen LogP contribution >= 0.6 is 11.3 Å². The highest BCUT2D eigenvalue weighted by atomic mass is 32.1. The molecule has 0 aliphatic heterocycles. The van der Waals surface area contributed by atoms with E-state index in [2.05, 4.69) is 30.6 Å². The molecule has 0 aliphatic rings. The number of pyridine rings is 2. The van der Waals surface area contributed by atoms with Gasteiger partial charge in [-0.1, -0.05) is 0 Å². The van der Waals surface area contributed by atoms with Crippen molar-refractivity contribution in [2.45, 2.75) is 6.17 Å². The maximum atomic E-state index is 13.8. The Balaban J connectivity index is 1.60. The molecule has 0 saturated carbocycles. The monoisotopic (exact) mass is 473 g/mol. The van der Waals surface area contributed by atoms with Crippen molar-refractivity contribution >= 4 is 44.6 Å². The number of H-pyrrole nitrogens is 1. The number of halogens is 1. The number of fused-ring (bicyclic) bond motifs is 2. The van der Waals surface area contributed by atoms with Crippen molar-refractivity contribution in [3.8, 4) is 22.8 Å². The molecule has 4 heterocycles. The molecule has 10 nitrogen and oxygen atoms in total. The first-order valence-electron chi connectivity index (χ1n) is 10.1. The molecule has 0 spiro atoms. The zero-order chi connectivity index (χ0) is 23.5. The number of alkyl halides is 1. The number of nitrogens with zero attached hydrogens (tertiary/aromatic N) is 4. The number of methoxy groups -OCH3 is 2. The van der Waals surface area contributed by atoms with Gasteiger partial charge in [0.05, 0.1) is 31.8 Å². The van der Waals surface area contributed by atoms with Gasteiger partial charge in [0, 0.05) is 23.7 Å². The molecular weight excluding hydrogens is 449 g/mol. The van der Waals surface area contributed by atoms with Gasteiger partial charge in [-0.2, -0.15) is 4.98 Å². The quantitative estimate of drug-likeness (QED) is 0.360. The number of thiazole rings is 1. The lowest BCUT2D eigenvalue weighted by atomic mass is 10.1. The molecule has 0 unspecified atom stereocenters. The fourth-order valence-corrected chi connectivity index (χ4v) is 4.28. The third-order valence-corrected chi connectivity index (χ3v) is 5.71. The Kier molecular flexibility index (Phi) is 6.56. The number of anilines is 1. The van der Waals surface area contributed by atoms with Crippen LogP contribution < -0.4 is 20.1 Å². The molecule has 12 heteroatoms. The van der Waals surface area contributed by atoms with Gasteiger partial charge in [0.25, 0.3) is 0 Å². The average molecular weight is 474 g/mol. The van der Waals surface area contributed by atoms with Gasteiger partial charge >= 0.3 is 6.03 Å². The van der Waals surface area contributed by atoms with E-state index in [0.717, 1.165) is 15.6 Å². The lowest BCUT2D eigenvalue weighted by Gasteiger charge is -2.14. The van der Waals surface area contributed by atoms with Gasteiger partial charge in [0.1, 0.15) is 22.3 Å². The van der Waals surface area contributed by atoms with Gasteiger partial charge in [0.15, 0.2) is 11.4 Å². The zero-order valence-electron chi connectivity index (χ0n) is 18.6. The molecule has 1 atom stereocenters. The van der Waals surface area contributed by atoms with E-state index in [9.17, 15) is 9.18 Å². The predicted octanol–water partition coefficient (Wildman–Crippen LogP) is 3.27. The summed E-state index contributed by atoms with van der Waals surface area (Å²) in [6.45, 7) is 0.135. The van der Waals surface area contributed by atoms with Crippen molar-refractivity contribution in [1.29, 1.82) is 0 Å². The van der Waals surface area contributed by atoms with Crippen LogP contribution in [0.4, 0.5) is 15.0 Å². The molecule has 4 rings (SSSR count). The first-order valence-corrected chi connectivity index (χ1v) is 11.0. The molecule has 174 valence electrons. The summed E-state index contributed by atoms with van der Waals surface area (Å²) in [6.07, 6.45) is 0.618. The van der Waals surface area contributed by atoms with Crippen LogP contribution in [0.3, 0.4) is 0 Å². The smallest absolute Gasteiger partial charge is 0.320 e. The highest BCUT2D eigenvalue weighted by Gasteiger charge is 2.23. The standard InChI is InChI=1S/C21H24FN7O3S/c1-29(2)9-11(22)7-24-21(30)27-14-6-5-12-13(8-23-18(12)26-14)15-16(31-3)17-19(25-10-33-17)28-20(15)32-4/h5-6,8,10-11H,7,9H2,1-4H3,(H3,23,24,26,27,30)/t11-/m0/s1. The van der Waals surface area contributed by atoms with Crippen molar-refractivity contribution in [3.63, 3.8) is 0 Å². The number of hydrogen-bond donors (Lipinski definition) is 3. The Morgan fingerprint density at radius 2 is 2.09 bits per heavy atom. The maximum absolute atomic E-state index is 13.8. The molecule has 2 amide bonds. The highest BCUT2D eigenvalue weighted by molar-refractivity contribution is 7.17. The van der Waals surface area contributed by atoms with E-state index in [1.807, 2.05) is 6.07 Å². The number of carbonyl (C=O) groups excluding carboxylic acids is 1. The summed E-state index contributed by atoms with van der Waals surface area (Å²) in [5.74, 6) is 1.32. The molecule has 4 aromatic heterocycles. The number of nitrogens with one attached hydrogen (secondary N) is 3. The molecule has 33 heavy (non-hydrogen) atoms. The van der Waals surface area contributed by atoms with E-state index < -0.39 is 12.2 Å². The molecule has 3 N–H and O–H groups in total. The van der Waals surface area contributed by atoms with Crippen LogP contribution in [0.1, 0.15) is 0 Å². The predicted molar refractivity (Wildman–Crippen MR) is 126 cm³/mol. The van der Waals surface area contributed by atoms with Gasteiger partial charge in [-0.3, -0.25) is 5.32 Å². The lowest BCUT2D eigenvalue weighted by molar-refractivity contribution is 0.228. The minimum Gasteiger partial charge on any atom is -0.494 e. The zero-order valence-corrected chi connectivity index (χ0v) is 19.4. The number of ether oxygens (including phenoxy) is 2. The van der Waals surface area contributed by atoms with Crippen LogP contribution in [-0.2, 0) is 0 Å². The summed E-state index contributed by atoms with van der Waals surface area (Å²) in [7, 11) is 6.67. The molecule has 0 fully saturated rings. The summed E-state index contributed by atoms with van der Waals surface area (Å²) < 4.78 is 25.8. The summed E-state index contributed by atoms with van der Waals surface area (Å²) in [6, 6.07) is 2.96. The second kappa shape index (κ2) is 9.55. The Hall–Kier alpha value is -3.51. The van der Waals surface area contributed by atoms with Gasteiger partial charge in [-0.15, -0.1) is 11.3 Å². The topological polar surface area (TPSA) is 117 Å². The second-order valence-corrected chi connectivity index (χ2v) is 8.38. The molecule has 4 aromatic rings. The first kappa shape index (κ1) is 22.7. The van der Waals surface area contributed by atoms with Crippen LogP contribution in [0.25, 0.3) is 32.5 Å². The SMILES string of the molecule is COc1nc2ncsc2c(OC)c1-c1c[nH]c2nc(NC(=O)NC[C@H](F)CN(C)C)ccc12. The van der Waals surface area contributed by atoms with Gasteiger partial charge < -0.3 is 24.7 Å². The Labute approximate surface area is 193 Å². The van der Waals surface area contributed by atoms with Crippen LogP contribution in [0.5, 0.6) is 11.6 Å². The number of aromatic nitrogens is 4. The Bertz CT molecular complexity index is 1290. The van der Waals surface area contributed by atoms with E-state index in [1.54, 1.807) is 43.9 Å². The molecule has 0 bridgehead atoms. The van der Waals surface area contributed by atoms with Crippen molar-refractivity contribution in [3.05, 3.63) is 23.8 Å². The van der Waals surface area contributed by atoms with Crippen molar-refractivity contribution in [2.75, 3.05) is 46.7 Å². The molecule has 0 aromatic carbocycles. The van der Waals surface area contributed by atoms with Gasteiger partial charge in [-0.25, -0.2) is 19.2 Å².